The molecule has 1 atom stereocenters. The average Bonchev–Trinajstić information content (AvgIpc) is 3.25. The number of hydrogen-bond donors (Lipinski definition) is 2. The molecule has 1 aromatic carbocycles. The fourth-order valence-electron chi connectivity index (χ4n) is 2.95. The molecule has 6 nitrogen and oxygen atoms in total. The lowest BCUT2D eigenvalue weighted by atomic mass is 10.00. The Balaban J connectivity index is 1.61. The molecule has 1 aliphatic rings. The molecular formula is C17H15ClN4O2. The van der Waals surface area contributed by atoms with Crippen molar-refractivity contribution < 1.29 is 9.53 Å². The van der Waals surface area contributed by atoms with Gasteiger partial charge in [0.15, 0.2) is 0 Å². The standard InChI is InChI=1S/C17H15ClN4O2/c18-12-6-13(14-8-20-22-15(14)7-12)17(23)21-16-5-10(1-3-19-16)11-2-4-24-9-11/h1,3,5-8,11H,2,4,9H2,(H,20,22)(H,19,21,23)/t11-/m0/s1. The van der Waals surface area contributed by atoms with Gasteiger partial charge in [-0.05, 0) is 36.2 Å². The highest BCUT2D eigenvalue weighted by molar-refractivity contribution is 6.32. The highest BCUT2D eigenvalue weighted by Gasteiger charge is 2.19. The first-order valence-electron chi connectivity index (χ1n) is 7.68. The largest absolute Gasteiger partial charge is 0.381 e. The van der Waals surface area contributed by atoms with Gasteiger partial charge in [0.2, 0.25) is 0 Å². The number of pyridine rings is 1. The summed E-state index contributed by atoms with van der Waals surface area (Å²) < 4.78 is 5.42. The van der Waals surface area contributed by atoms with Gasteiger partial charge in [0.1, 0.15) is 5.82 Å². The number of rotatable bonds is 3. The number of ether oxygens (including phenoxy) is 1. The van der Waals surface area contributed by atoms with Crippen LogP contribution >= 0.6 is 11.6 Å². The molecule has 0 unspecified atom stereocenters. The van der Waals surface area contributed by atoms with E-state index in [0.29, 0.717) is 28.9 Å². The van der Waals surface area contributed by atoms with Crippen molar-refractivity contribution in [2.75, 3.05) is 18.5 Å². The number of halogens is 1. The lowest BCUT2D eigenvalue weighted by Crippen LogP contribution is -2.14. The Hall–Kier alpha value is -2.44. The molecule has 2 N–H and O–H groups in total. The molecular weight excluding hydrogens is 328 g/mol. The summed E-state index contributed by atoms with van der Waals surface area (Å²) in [5.41, 5.74) is 2.30. The Morgan fingerprint density at radius 2 is 2.29 bits per heavy atom. The SMILES string of the molecule is O=C(Nc1cc([C@H]2CCOC2)ccn1)c1cc(Cl)cc2[nH]ncc12. The number of anilines is 1. The molecule has 7 heteroatoms. The summed E-state index contributed by atoms with van der Waals surface area (Å²) in [6, 6.07) is 7.22. The molecule has 0 radical (unpaired) electrons. The number of benzene rings is 1. The predicted octanol–water partition coefficient (Wildman–Crippen LogP) is 3.37. The molecule has 1 aliphatic heterocycles. The highest BCUT2D eigenvalue weighted by atomic mass is 35.5. The minimum atomic E-state index is -0.267. The maximum absolute atomic E-state index is 12.6. The van der Waals surface area contributed by atoms with Crippen LogP contribution in [0.2, 0.25) is 5.02 Å². The molecule has 1 saturated heterocycles. The number of aromatic amines is 1. The van der Waals surface area contributed by atoms with Crippen LogP contribution in [0.3, 0.4) is 0 Å². The number of fused-ring (bicyclic) bond motifs is 1. The molecule has 0 aliphatic carbocycles. The molecule has 3 heterocycles. The van der Waals surface area contributed by atoms with Gasteiger partial charge < -0.3 is 10.1 Å². The molecule has 3 aromatic rings. The van der Waals surface area contributed by atoms with Gasteiger partial charge in [0.05, 0.1) is 23.9 Å². The van der Waals surface area contributed by atoms with Crippen LogP contribution in [-0.2, 0) is 4.74 Å². The van der Waals surface area contributed by atoms with Crippen LogP contribution in [0.15, 0.2) is 36.7 Å². The lowest BCUT2D eigenvalue weighted by molar-refractivity contribution is 0.102. The number of carbonyl (C=O) groups is 1. The van der Waals surface area contributed by atoms with E-state index < -0.39 is 0 Å². The van der Waals surface area contributed by atoms with E-state index in [9.17, 15) is 4.79 Å². The smallest absolute Gasteiger partial charge is 0.257 e. The minimum Gasteiger partial charge on any atom is -0.381 e. The van der Waals surface area contributed by atoms with Crippen LogP contribution < -0.4 is 5.32 Å². The van der Waals surface area contributed by atoms with E-state index in [1.54, 1.807) is 24.5 Å². The van der Waals surface area contributed by atoms with E-state index in [0.717, 1.165) is 29.5 Å². The maximum Gasteiger partial charge on any atom is 0.257 e. The second kappa shape index (κ2) is 6.22. The Labute approximate surface area is 143 Å². The number of hydrogen-bond acceptors (Lipinski definition) is 4. The van der Waals surface area contributed by atoms with Crippen LogP contribution in [0.1, 0.15) is 28.3 Å². The fourth-order valence-corrected chi connectivity index (χ4v) is 3.17. The number of amides is 1. The zero-order chi connectivity index (χ0) is 16.5. The summed E-state index contributed by atoms with van der Waals surface area (Å²) in [5, 5.41) is 10.8. The van der Waals surface area contributed by atoms with Crippen molar-refractivity contribution in [3.63, 3.8) is 0 Å². The second-order valence-electron chi connectivity index (χ2n) is 5.77. The van der Waals surface area contributed by atoms with Gasteiger partial charge in [0.25, 0.3) is 5.91 Å². The van der Waals surface area contributed by atoms with E-state index in [4.69, 9.17) is 16.3 Å². The summed E-state index contributed by atoms with van der Waals surface area (Å²) in [6.45, 7) is 1.48. The number of carbonyl (C=O) groups excluding carboxylic acids is 1. The van der Waals surface area contributed by atoms with Crippen LogP contribution in [0.25, 0.3) is 10.9 Å². The summed E-state index contributed by atoms with van der Waals surface area (Å²) >= 11 is 6.08. The second-order valence-corrected chi connectivity index (χ2v) is 6.21. The first-order valence-corrected chi connectivity index (χ1v) is 8.06. The van der Waals surface area contributed by atoms with Gasteiger partial charge in [-0.3, -0.25) is 9.89 Å². The molecule has 24 heavy (non-hydrogen) atoms. The van der Waals surface area contributed by atoms with Crippen molar-refractivity contribution in [2.45, 2.75) is 12.3 Å². The zero-order valence-electron chi connectivity index (χ0n) is 12.8. The number of H-pyrrole nitrogens is 1. The van der Waals surface area contributed by atoms with Crippen molar-refractivity contribution in [1.82, 2.24) is 15.2 Å². The van der Waals surface area contributed by atoms with Crippen LogP contribution in [0.4, 0.5) is 5.82 Å². The highest BCUT2D eigenvalue weighted by Crippen LogP contribution is 2.27. The van der Waals surface area contributed by atoms with Crippen LogP contribution in [0.5, 0.6) is 0 Å². The summed E-state index contributed by atoms with van der Waals surface area (Å²) in [5.74, 6) is 0.604. The van der Waals surface area contributed by atoms with E-state index in [1.165, 1.54) is 0 Å². The van der Waals surface area contributed by atoms with Crippen molar-refractivity contribution in [3.05, 3.63) is 52.8 Å². The third-order valence-electron chi connectivity index (χ3n) is 4.19. The summed E-state index contributed by atoms with van der Waals surface area (Å²) in [4.78, 5) is 16.9. The molecule has 1 fully saturated rings. The molecule has 0 spiro atoms. The molecule has 1 amide bonds. The first-order chi connectivity index (χ1) is 11.7. The Morgan fingerprint density at radius 3 is 3.12 bits per heavy atom. The van der Waals surface area contributed by atoms with Crippen molar-refractivity contribution in [2.24, 2.45) is 0 Å². The number of aromatic nitrogens is 3. The third kappa shape index (κ3) is 2.86. The quantitative estimate of drug-likeness (QED) is 0.764. The van der Waals surface area contributed by atoms with Crippen LogP contribution in [0, 0.1) is 0 Å². The van der Waals surface area contributed by atoms with E-state index in [-0.39, 0.29) is 5.91 Å². The van der Waals surface area contributed by atoms with Gasteiger partial charge >= 0.3 is 0 Å². The monoisotopic (exact) mass is 342 g/mol. The van der Waals surface area contributed by atoms with Crippen molar-refractivity contribution in [3.8, 4) is 0 Å². The maximum atomic E-state index is 12.6. The van der Waals surface area contributed by atoms with Gasteiger partial charge in [-0.2, -0.15) is 5.10 Å². The number of nitrogens with zero attached hydrogens (tertiary/aromatic N) is 2. The van der Waals surface area contributed by atoms with Gasteiger partial charge in [-0.25, -0.2) is 4.98 Å². The van der Waals surface area contributed by atoms with Crippen LogP contribution in [-0.4, -0.2) is 34.3 Å². The Bertz CT molecular complexity index is 902. The zero-order valence-corrected chi connectivity index (χ0v) is 13.5. The molecule has 122 valence electrons. The van der Waals surface area contributed by atoms with Crippen molar-refractivity contribution >= 4 is 34.2 Å². The average molecular weight is 343 g/mol. The molecule has 2 aromatic heterocycles. The predicted molar refractivity (Wildman–Crippen MR) is 91.5 cm³/mol. The molecule has 0 saturated carbocycles. The first kappa shape index (κ1) is 15.1. The van der Waals surface area contributed by atoms with E-state index in [1.807, 2.05) is 12.1 Å². The summed E-state index contributed by atoms with van der Waals surface area (Å²) in [6.07, 6.45) is 4.30. The van der Waals surface area contributed by atoms with Gasteiger partial charge in [-0.1, -0.05) is 11.6 Å². The van der Waals surface area contributed by atoms with Gasteiger partial charge in [-0.15, -0.1) is 0 Å². The van der Waals surface area contributed by atoms with E-state index in [2.05, 4.69) is 20.5 Å². The topological polar surface area (TPSA) is 79.9 Å². The molecule has 0 bridgehead atoms. The fraction of sp³-hybridized carbons (Fsp3) is 0.235. The number of nitrogens with one attached hydrogen (secondary N) is 2. The Kier molecular flexibility index (Phi) is 3.92. The summed E-state index contributed by atoms with van der Waals surface area (Å²) in [7, 11) is 0. The lowest BCUT2D eigenvalue weighted by Gasteiger charge is -2.10. The van der Waals surface area contributed by atoms with Gasteiger partial charge in [0, 0.05) is 29.1 Å². The minimum absolute atomic E-state index is 0.267. The molecule has 4 rings (SSSR count). The normalized spacial score (nSPS) is 17.3. The van der Waals surface area contributed by atoms with Crippen molar-refractivity contribution in [1.29, 1.82) is 0 Å². The third-order valence-corrected chi connectivity index (χ3v) is 4.41. The Morgan fingerprint density at radius 1 is 1.38 bits per heavy atom. The van der Waals surface area contributed by atoms with E-state index >= 15 is 0 Å².